The normalized spacial score (nSPS) is 23.3. The first kappa shape index (κ1) is 14.5. The first-order chi connectivity index (χ1) is 9.47. The highest BCUT2D eigenvalue weighted by atomic mass is 19.1. The molecule has 3 atom stereocenters. The summed E-state index contributed by atoms with van der Waals surface area (Å²) in [7, 11) is 0. The quantitative estimate of drug-likeness (QED) is 0.864. The van der Waals surface area contributed by atoms with Crippen LogP contribution in [0.15, 0.2) is 24.3 Å². The third-order valence-corrected chi connectivity index (χ3v) is 3.30. The van der Waals surface area contributed by atoms with E-state index in [4.69, 9.17) is 10.5 Å². The first-order valence-corrected chi connectivity index (χ1v) is 6.48. The topological polar surface area (TPSA) is 81.4 Å². The number of carbonyl (C=O) groups excluding carboxylic acids is 2. The van der Waals surface area contributed by atoms with Gasteiger partial charge in [-0.1, -0.05) is 12.1 Å². The van der Waals surface area contributed by atoms with E-state index in [-0.39, 0.29) is 12.0 Å². The molecule has 0 radical (unpaired) electrons. The van der Waals surface area contributed by atoms with E-state index in [9.17, 15) is 14.0 Å². The SMILES string of the molecule is C[C@@H]1CC[C@H](C(=O)N[C@H](C(N)=O)c2ccc(F)cc2)O1. The maximum atomic E-state index is 12.9. The zero-order chi connectivity index (χ0) is 14.7. The van der Waals surface area contributed by atoms with Gasteiger partial charge in [0.25, 0.3) is 0 Å². The molecule has 1 aliphatic rings. The van der Waals surface area contributed by atoms with E-state index in [1.807, 2.05) is 6.92 Å². The number of hydrogen-bond donors (Lipinski definition) is 2. The number of carbonyl (C=O) groups is 2. The molecule has 1 aliphatic heterocycles. The predicted molar refractivity (Wildman–Crippen MR) is 70.0 cm³/mol. The van der Waals surface area contributed by atoms with Crippen LogP contribution in [0.1, 0.15) is 31.4 Å². The summed E-state index contributed by atoms with van der Waals surface area (Å²) in [5.41, 5.74) is 5.74. The van der Waals surface area contributed by atoms with Crippen LogP contribution in [-0.2, 0) is 14.3 Å². The molecular formula is C14H17FN2O3. The van der Waals surface area contributed by atoms with Gasteiger partial charge in [-0.2, -0.15) is 0 Å². The van der Waals surface area contributed by atoms with Crippen LogP contribution in [0.4, 0.5) is 4.39 Å². The summed E-state index contributed by atoms with van der Waals surface area (Å²) in [6.07, 6.45) is 0.883. The van der Waals surface area contributed by atoms with E-state index in [1.54, 1.807) is 0 Å². The maximum Gasteiger partial charge on any atom is 0.250 e. The zero-order valence-corrected chi connectivity index (χ0v) is 11.1. The number of rotatable bonds is 4. The van der Waals surface area contributed by atoms with Gasteiger partial charge in [0.2, 0.25) is 11.8 Å². The van der Waals surface area contributed by atoms with Crippen LogP contribution in [0.25, 0.3) is 0 Å². The average Bonchev–Trinajstić information content (AvgIpc) is 2.83. The summed E-state index contributed by atoms with van der Waals surface area (Å²) in [6.45, 7) is 1.89. The number of amides is 2. The highest BCUT2D eigenvalue weighted by molar-refractivity contribution is 5.89. The highest BCUT2D eigenvalue weighted by Crippen LogP contribution is 2.21. The van der Waals surface area contributed by atoms with Gasteiger partial charge in [-0.25, -0.2) is 4.39 Å². The van der Waals surface area contributed by atoms with E-state index >= 15 is 0 Å². The molecule has 0 saturated carbocycles. The lowest BCUT2D eigenvalue weighted by molar-refractivity contribution is -0.135. The zero-order valence-electron chi connectivity index (χ0n) is 11.1. The number of nitrogens with two attached hydrogens (primary N) is 1. The second-order valence-electron chi connectivity index (χ2n) is 4.91. The van der Waals surface area contributed by atoms with Gasteiger partial charge in [-0.3, -0.25) is 9.59 Å². The summed E-state index contributed by atoms with van der Waals surface area (Å²) in [4.78, 5) is 23.5. The minimum atomic E-state index is -0.984. The number of benzene rings is 1. The van der Waals surface area contributed by atoms with Gasteiger partial charge < -0.3 is 15.8 Å². The van der Waals surface area contributed by atoms with Crippen molar-refractivity contribution in [2.24, 2.45) is 5.73 Å². The van der Waals surface area contributed by atoms with Gasteiger partial charge in [0, 0.05) is 0 Å². The molecule has 1 heterocycles. The number of halogens is 1. The Morgan fingerprint density at radius 2 is 2.00 bits per heavy atom. The van der Waals surface area contributed by atoms with Gasteiger partial charge in [-0.05, 0) is 37.5 Å². The third-order valence-electron chi connectivity index (χ3n) is 3.30. The fourth-order valence-corrected chi connectivity index (χ4v) is 2.20. The Bertz CT molecular complexity index is 504. The van der Waals surface area contributed by atoms with Crippen molar-refractivity contribution < 1.29 is 18.7 Å². The van der Waals surface area contributed by atoms with Crippen LogP contribution in [0.2, 0.25) is 0 Å². The number of nitrogens with one attached hydrogen (secondary N) is 1. The van der Waals surface area contributed by atoms with E-state index in [1.165, 1.54) is 24.3 Å². The Kier molecular flexibility index (Phi) is 4.34. The van der Waals surface area contributed by atoms with E-state index in [2.05, 4.69) is 5.32 Å². The molecule has 0 unspecified atom stereocenters. The third kappa shape index (κ3) is 3.33. The molecule has 5 nitrogen and oxygen atoms in total. The monoisotopic (exact) mass is 280 g/mol. The summed E-state index contributed by atoms with van der Waals surface area (Å²) in [6, 6.07) is 4.28. The van der Waals surface area contributed by atoms with Crippen LogP contribution in [0, 0.1) is 5.82 Å². The van der Waals surface area contributed by atoms with Crippen molar-refractivity contribution in [3.8, 4) is 0 Å². The van der Waals surface area contributed by atoms with Crippen molar-refractivity contribution in [1.82, 2.24) is 5.32 Å². The number of primary amides is 1. The molecule has 3 N–H and O–H groups in total. The van der Waals surface area contributed by atoms with Gasteiger partial charge in [0.05, 0.1) is 6.10 Å². The van der Waals surface area contributed by atoms with Gasteiger partial charge in [-0.15, -0.1) is 0 Å². The van der Waals surface area contributed by atoms with Crippen molar-refractivity contribution in [3.63, 3.8) is 0 Å². The molecule has 20 heavy (non-hydrogen) atoms. The Labute approximate surface area is 116 Å². The van der Waals surface area contributed by atoms with Crippen molar-refractivity contribution in [2.45, 2.75) is 38.0 Å². The van der Waals surface area contributed by atoms with Crippen LogP contribution in [-0.4, -0.2) is 24.0 Å². The van der Waals surface area contributed by atoms with Crippen molar-refractivity contribution >= 4 is 11.8 Å². The van der Waals surface area contributed by atoms with Crippen LogP contribution >= 0.6 is 0 Å². The standard InChI is InChI=1S/C14H17FN2O3/c1-8-2-7-11(20-8)14(19)17-12(13(16)18)9-3-5-10(15)6-4-9/h3-6,8,11-12H,2,7H2,1H3,(H2,16,18)(H,17,19)/t8-,11-,12+/m1/s1. The molecule has 2 rings (SSSR count). The van der Waals surface area contributed by atoms with Crippen molar-refractivity contribution in [3.05, 3.63) is 35.6 Å². The molecule has 6 heteroatoms. The van der Waals surface area contributed by atoms with E-state index in [0.717, 1.165) is 6.42 Å². The van der Waals surface area contributed by atoms with E-state index < -0.39 is 23.9 Å². The molecule has 2 amide bonds. The molecule has 0 bridgehead atoms. The fraction of sp³-hybridized carbons (Fsp3) is 0.429. The van der Waals surface area contributed by atoms with Gasteiger partial charge in [0.1, 0.15) is 18.0 Å². The number of ether oxygens (including phenoxy) is 1. The largest absolute Gasteiger partial charge is 0.368 e. The molecule has 0 aliphatic carbocycles. The molecule has 0 spiro atoms. The highest BCUT2D eigenvalue weighted by Gasteiger charge is 2.31. The molecule has 1 fully saturated rings. The Morgan fingerprint density at radius 1 is 1.35 bits per heavy atom. The number of hydrogen-bond acceptors (Lipinski definition) is 3. The molecule has 108 valence electrons. The molecule has 0 aromatic heterocycles. The minimum Gasteiger partial charge on any atom is -0.368 e. The second-order valence-corrected chi connectivity index (χ2v) is 4.91. The molecular weight excluding hydrogens is 263 g/mol. The lowest BCUT2D eigenvalue weighted by atomic mass is 10.1. The fourth-order valence-electron chi connectivity index (χ4n) is 2.20. The lowest BCUT2D eigenvalue weighted by Gasteiger charge is -2.18. The van der Waals surface area contributed by atoms with Crippen LogP contribution in [0.3, 0.4) is 0 Å². The molecule has 1 saturated heterocycles. The summed E-state index contributed by atoms with van der Waals surface area (Å²) in [5, 5.41) is 2.55. The molecule has 1 aromatic carbocycles. The minimum absolute atomic E-state index is 0.0311. The average molecular weight is 280 g/mol. The smallest absolute Gasteiger partial charge is 0.250 e. The van der Waals surface area contributed by atoms with Crippen LogP contribution < -0.4 is 11.1 Å². The lowest BCUT2D eigenvalue weighted by Crippen LogP contribution is -2.42. The molecule has 1 aromatic rings. The Balaban J connectivity index is 2.08. The van der Waals surface area contributed by atoms with Crippen LogP contribution in [0.5, 0.6) is 0 Å². The van der Waals surface area contributed by atoms with Crippen molar-refractivity contribution in [2.75, 3.05) is 0 Å². The predicted octanol–water partition coefficient (Wildman–Crippen LogP) is 1.04. The summed E-state index contributed by atoms with van der Waals surface area (Å²) < 4.78 is 18.3. The maximum absolute atomic E-state index is 12.9. The Hall–Kier alpha value is -1.95. The first-order valence-electron chi connectivity index (χ1n) is 6.48. The van der Waals surface area contributed by atoms with E-state index in [0.29, 0.717) is 12.0 Å². The Morgan fingerprint density at radius 3 is 2.50 bits per heavy atom. The van der Waals surface area contributed by atoms with Gasteiger partial charge in [0.15, 0.2) is 0 Å². The summed E-state index contributed by atoms with van der Waals surface area (Å²) in [5.74, 6) is -1.49. The van der Waals surface area contributed by atoms with Gasteiger partial charge >= 0.3 is 0 Å². The summed E-state index contributed by atoms with van der Waals surface area (Å²) >= 11 is 0. The second kappa shape index (κ2) is 6.00. The van der Waals surface area contributed by atoms with Crippen molar-refractivity contribution in [1.29, 1.82) is 0 Å².